The van der Waals surface area contributed by atoms with Crippen molar-refractivity contribution in [2.24, 2.45) is 0 Å². The Labute approximate surface area is 130 Å². The van der Waals surface area contributed by atoms with Crippen molar-refractivity contribution in [1.82, 2.24) is 15.1 Å². The van der Waals surface area contributed by atoms with E-state index in [1.54, 1.807) is 18.2 Å². The fraction of sp³-hybridized carbons (Fsp3) is 0. The van der Waals surface area contributed by atoms with E-state index in [0.717, 1.165) is 27.7 Å². The van der Waals surface area contributed by atoms with Crippen molar-refractivity contribution in [2.75, 3.05) is 0 Å². The summed E-state index contributed by atoms with van der Waals surface area (Å²) in [5, 5.41) is 12.8. The van der Waals surface area contributed by atoms with E-state index in [1.807, 2.05) is 36.4 Å². The molecule has 2 heterocycles. The molecule has 0 aliphatic carbocycles. The highest BCUT2D eigenvalue weighted by molar-refractivity contribution is 5.83. The molecule has 2 N–H and O–H groups in total. The summed E-state index contributed by atoms with van der Waals surface area (Å²) in [4.78, 5) is 19.3. The van der Waals surface area contributed by atoms with Crippen LogP contribution in [0.1, 0.15) is 0 Å². The molecule has 6 heteroatoms. The normalized spacial score (nSPS) is 11.0. The molecule has 0 radical (unpaired) electrons. The standard InChI is InChI=1S/C17H11N3O3/c21-13-6-8-15-12(9-13)5-7-14(18-15)10-1-3-11(4-2-10)16-19-17(22)23-20-16/h1-9,21H,(H,19,20,22). The molecule has 4 aromatic rings. The number of benzene rings is 2. The Morgan fingerprint density at radius 2 is 1.70 bits per heavy atom. The molecule has 4 rings (SSSR count). The number of rotatable bonds is 2. The van der Waals surface area contributed by atoms with Gasteiger partial charge >= 0.3 is 5.76 Å². The molecule has 23 heavy (non-hydrogen) atoms. The summed E-state index contributed by atoms with van der Waals surface area (Å²) in [6.07, 6.45) is 0. The highest BCUT2D eigenvalue weighted by Gasteiger charge is 2.06. The van der Waals surface area contributed by atoms with Gasteiger partial charge in [0.2, 0.25) is 0 Å². The van der Waals surface area contributed by atoms with Crippen LogP contribution in [0.4, 0.5) is 0 Å². The maximum absolute atomic E-state index is 11.0. The zero-order valence-corrected chi connectivity index (χ0v) is 11.9. The van der Waals surface area contributed by atoms with Crippen molar-refractivity contribution in [2.45, 2.75) is 0 Å². The second kappa shape index (κ2) is 5.10. The van der Waals surface area contributed by atoms with E-state index < -0.39 is 5.76 Å². The lowest BCUT2D eigenvalue weighted by Crippen LogP contribution is -1.94. The third-order valence-electron chi connectivity index (χ3n) is 3.56. The van der Waals surface area contributed by atoms with Crippen molar-refractivity contribution in [3.05, 3.63) is 65.1 Å². The van der Waals surface area contributed by atoms with Gasteiger partial charge in [0.15, 0.2) is 5.82 Å². The summed E-state index contributed by atoms with van der Waals surface area (Å²) < 4.78 is 4.57. The fourth-order valence-corrected chi connectivity index (χ4v) is 2.43. The lowest BCUT2D eigenvalue weighted by Gasteiger charge is -2.04. The minimum Gasteiger partial charge on any atom is -0.508 e. The van der Waals surface area contributed by atoms with Crippen LogP contribution in [-0.2, 0) is 0 Å². The summed E-state index contributed by atoms with van der Waals surface area (Å²) in [5.74, 6) is -0.0370. The average Bonchev–Trinajstić information content (AvgIpc) is 3.01. The van der Waals surface area contributed by atoms with Crippen LogP contribution in [0.3, 0.4) is 0 Å². The lowest BCUT2D eigenvalue weighted by molar-refractivity contribution is 0.388. The summed E-state index contributed by atoms with van der Waals surface area (Å²) in [6, 6.07) is 16.4. The van der Waals surface area contributed by atoms with Gasteiger partial charge in [0.1, 0.15) is 5.75 Å². The monoisotopic (exact) mass is 305 g/mol. The molecule has 0 aliphatic rings. The van der Waals surface area contributed by atoms with Crippen LogP contribution in [0, 0.1) is 0 Å². The first-order chi connectivity index (χ1) is 11.2. The molecule has 6 nitrogen and oxygen atoms in total. The fourth-order valence-electron chi connectivity index (χ4n) is 2.43. The van der Waals surface area contributed by atoms with Gasteiger partial charge in [0.25, 0.3) is 0 Å². The van der Waals surface area contributed by atoms with Gasteiger partial charge < -0.3 is 9.63 Å². The molecule has 0 amide bonds. The highest BCUT2D eigenvalue weighted by atomic mass is 16.5. The van der Waals surface area contributed by atoms with Crippen LogP contribution >= 0.6 is 0 Å². The van der Waals surface area contributed by atoms with Crippen molar-refractivity contribution >= 4 is 10.9 Å². The number of aromatic amines is 1. The van der Waals surface area contributed by atoms with Gasteiger partial charge in [-0.15, -0.1) is 0 Å². The number of nitrogens with zero attached hydrogens (tertiary/aromatic N) is 2. The van der Waals surface area contributed by atoms with Crippen LogP contribution in [-0.4, -0.2) is 20.2 Å². The maximum atomic E-state index is 11.0. The SMILES string of the molecule is O=c1nc(-c2ccc(-c3ccc4cc(O)ccc4n3)cc2)[nH]o1. The number of phenols is 1. The first-order valence-corrected chi connectivity index (χ1v) is 6.95. The van der Waals surface area contributed by atoms with Gasteiger partial charge in [-0.25, -0.2) is 9.78 Å². The molecule has 0 bridgehead atoms. The van der Waals surface area contributed by atoms with Gasteiger partial charge in [-0.3, -0.25) is 0 Å². The quantitative estimate of drug-likeness (QED) is 0.594. The molecule has 0 atom stereocenters. The van der Waals surface area contributed by atoms with Gasteiger partial charge in [0, 0.05) is 16.5 Å². The van der Waals surface area contributed by atoms with Gasteiger partial charge in [-0.1, -0.05) is 30.3 Å². The smallest absolute Gasteiger partial charge is 0.460 e. The van der Waals surface area contributed by atoms with Gasteiger partial charge in [-0.2, -0.15) is 10.1 Å². The Kier molecular flexibility index (Phi) is 2.94. The Bertz CT molecular complexity index is 1050. The van der Waals surface area contributed by atoms with Crippen molar-refractivity contribution in [3.8, 4) is 28.4 Å². The number of pyridine rings is 1. The summed E-state index contributed by atoms with van der Waals surface area (Å²) in [6.45, 7) is 0. The van der Waals surface area contributed by atoms with Crippen LogP contribution in [0.2, 0.25) is 0 Å². The zero-order chi connectivity index (χ0) is 15.8. The summed E-state index contributed by atoms with van der Waals surface area (Å²) >= 11 is 0. The van der Waals surface area contributed by atoms with Gasteiger partial charge in [-0.05, 0) is 24.3 Å². The first kappa shape index (κ1) is 13.3. The number of phenolic OH excluding ortho intramolecular Hbond substituents is 1. The predicted molar refractivity (Wildman–Crippen MR) is 85.0 cm³/mol. The van der Waals surface area contributed by atoms with E-state index in [2.05, 4.69) is 19.6 Å². The van der Waals surface area contributed by atoms with Crippen molar-refractivity contribution in [1.29, 1.82) is 0 Å². The number of nitrogens with one attached hydrogen (secondary N) is 1. The lowest BCUT2D eigenvalue weighted by atomic mass is 10.1. The van der Waals surface area contributed by atoms with E-state index in [9.17, 15) is 9.90 Å². The van der Waals surface area contributed by atoms with Crippen LogP contribution in [0.15, 0.2) is 63.9 Å². The molecular weight excluding hydrogens is 294 g/mol. The molecule has 0 unspecified atom stereocenters. The third-order valence-corrected chi connectivity index (χ3v) is 3.56. The predicted octanol–water partition coefficient (Wildman–Crippen LogP) is 2.95. The summed E-state index contributed by atoms with van der Waals surface area (Å²) in [5.41, 5.74) is 3.33. The van der Waals surface area contributed by atoms with E-state index in [-0.39, 0.29) is 5.75 Å². The second-order valence-corrected chi connectivity index (χ2v) is 5.08. The van der Waals surface area contributed by atoms with Crippen molar-refractivity contribution in [3.63, 3.8) is 0 Å². The van der Waals surface area contributed by atoms with E-state index in [4.69, 9.17) is 0 Å². The molecule has 0 saturated carbocycles. The minimum atomic E-state index is -0.650. The Hall–Kier alpha value is -3.41. The largest absolute Gasteiger partial charge is 0.508 e. The Morgan fingerprint density at radius 3 is 2.43 bits per heavy atom. The molecule has 112 valence electrons. The average molecular weight is 305 g/mol. The van der Waals surface area contributed by atoms with Crippen LogP contribution < -0.4 is 5.76 Å². The number of hydrogen-bond acceptors (Lipinski definition) is 5. The molecule has 2 aromatic heterocycles. The number of hydrogen-bond donors (Lipinski definition) is 2. The Balaban J connectivity index is 1.73. The van der Waals surface area contributed by atoms with Crippen LogP contribution in [0.5, 0.6) is 5.75 Å². The number of aromatic nitrogens is 3. The molecule has 0 aliphatic heterocycles. The number of aromatic hydroxyl groups is 1. The topological polar surface area (TPSA) is 92.0 Å². The maximum Gasteiger partial charge on any atom is 0.460 e. The second-order valence-electron chi connectivity index (χ2n) is 5.08. The molecule has 0 fully saturated rings. The molecule has 0 spiro atoms. The van der Waals surface area contributed by atoms with Crippen LogP contribution in [0.25, 0.3) is 33.5 Å². The first-order valence-electron chi connectivity index (χ1n) is 6.95. The van der Waals surface area contributed by atoms with E-state index in [0.29, 0.717) is 5.82 Å². The van der Waals surface area contributed by atoms with E-state index >= 15 is 0 Å². The highest BCUT2D eigenvalue weighted by Crippen LogP contribution is 2.25. The zero-order valence-electron chi connectivity index (χ0n) is 11.9. The number of fused-ring (bicyclic) bond motifs is 1. The molecule has 2 aromatic carbocycles. The van der Waals surface area contributed by atoms with E-state index in [1.165, 1.54) is 0 Å². The minimum absolute atomic E-state index is 0.220. The van der Waals surface area contributed by atoms with Crippen molar-refractivity contribution < 1.29 is 9.63 Å². The Morgan fingerprint density at radius 1 is 0.913 bits per heavy atom. The van der Waals surface area contributed by atoms with Gasteiger partial charge in [0.05, 0.1) is 11.2 Å². The molecule has 0 saturated heterocycles. The number of H-pyrrole nitrogens is 1. The molecular formula is C17H11N3O3. The third kappa shape index (κ3) is 2.46. The summed E-state index contributed by atoms with van der Waals surface area (Å²) in [7, 11) is 0.